The van der Waals surface area contributed by atoms with Crippen LogP contribution in [0.2, 0.25) is 0 Å². The summed E-state index contributed by atoms with van der Waals surface area (Å²) in [5.74, 6) is 0. The molecule has 0 amide bonds. The van der Waals surface area contributed by atoms with E-state index < -0.39 is 4.92 Å². The zero-order valence-electron chi connectivity index (χ0n) is 11.4. The van der Waals surface area contributed by atoms with E-state index in [1.807, 2.05) is 13.1 Å². The summed E-state index contributed by atoms with van der Waals surface area (Å²) in [6.07, 6.45) is 3.51. The Labute approximate surface area is 116 Å². The first-order valence-electron chi connectivity index (χ1n) is 6.13. The fourth-order valence-electron chi connectivity index (χ4n) is 1.75. The second kappa shape index (κ2) is 6.16. The number of benzene rings is 1. The first-order valence-corrected chi connectivity index (χ1v) is 6.13. The summed E-state index contributed by atoms with van der Waals surface area (Å²) in [6.45, 7) is 3.13. The number of aromatic nitrogens is 2. The van der Waals surface area contributed by atoms with E-state index in [1.54, 1.807) is 24.1 Å². The number of nitro groups is 1. The van der Waals surface area contributed by atoms with Crippen LogP contribution in [0.5, 0.6) is 0 Å². The van der Waals surface area contributed by atoms with Gasteiger partial charge in [-0.2, -0.15) is 5.10 Å². The monoisotopic (exact) mass is 276 g/mol. The van der Waals surface area contributed by atoms with E-state index in [0.29, 0.717) is 18.8 Å². The van der Waals surface area contributed by atoms with Crippen molar-refractivity contribution in [1.29, 1.82) is 0 Å². The maximum Gasteiger partial charge on any atom is 0.271 e. The van der Waals surface area contributed by atoms with Crippen molar-refractivity contribution in [3.63, 3.8) is 0 Å². The highest BCUT2D eigenvalue weighted by Gasteiger charge is 2.09. The summed E-state index contributed by atoms with van der Waals surface area (Å²) in [5.41, 5.74) is 2.47. The van der Waals surface area contributed by atoms with Gasteiger partial charge in [-0.3, -0.25) is 14.8 Å². The molecule has 0 atom stereocenters. The third-order valence-electron chi connectivity index (χ3n) is 2.87. The van der Waals surface area contributed by atoms with Crippen molar-refractivity contribution in [2.75, 3.05) is 19.0 Å². The first kappa shape index (κ1) is 14.0. The molecular formula is C13H16N4O3. The van der Waals surface area contributed by atoms with E-state index in [1.165, 1.54) is 12.1 Å². The number of aryl methyl sites for hydroxylation is 1. The van der Waals surface area contributed by atoms with Gasteiger partial charge in [-0.15, -0.1) is 0 Å². The molecule has 0 aliphatic rings. The number of nitro benzene ring substituents is 1. The molecule has 0 saturated heterocycles. The van der Waals surface area contributed by atoms with Crippen LogP contribution in [0.25, 0.3) is 0 Å². The molecule has 0 radical (unpaired) electrons. The number of hydrogen-bond acceptors (Lipinski definition) is 5. The Morgan fingerprint density at radius 2 is 2.30 bits per heavy atom. The third kappa shape index (κ3) is 3.33. The van der Waals surface area contributed by atoms with Crippen molar-refractivity contribution in [3.05, 3.63) is 46.3 Å². The number of hydrogen-bond donors (Lipinski definition) is 1. The Hall–Kier alpha value is -2.41. The highest BCUT2D eigenvalue weighted by molar-refractivity contribution is 5.64. The molecule has 7 nitrogen and oxygen atoms in total. The van der Waals surface area contributed by atoms with Crippen molar-refractivity contribution in [2.45, 2.75) is 13.5 Å². The van der Waals surface area contributed by atoms with Crippen molar-refractivity contribution < 1.29 is 9.66 Å². The van der Waals surface area contributed by atoms with Gasteiger partial charge in [0, 0.05) is 31.1 Å². The average Bonchev–Trinajstić information content (AvgIpc) is 2.86. The summed E-state index contributed by atoms with van der Waals surface area (Å²) in [5, 5.41) is 18.1. The molecule has 0 spiro atoms. The maximum atomic E-state index is 10.8. The van der Waals surface area contributed by atoms with Gasteiger partial charge in [-0.05, 0) is 12.5 Å². The summed E-state index contributed by atoms with van der Waals surface area (Å²) >= 11 is 0. The predicted octanol–water partition coefficient (Wildman–Crippen LogP) is 2.49. The van der Waals surface area contributed by atoms with Crippen LogP contribution in [-0.4, -0.2) is 28.4 Å². The molecule has 1 heterocycles. The SMILES string of the molecule is COCCn1cc(Nc2cc([N+](=O)[O-])ccc2C)cn1. The lowest BCUT2D eigenvalue weighted by molar-refractivity contribution is -0.384. The summed E-state index contributed by atoms with van der Waals surface area (Å²) in [4.78, 5) is 10.4. The van der Waals surface area contributed by atoms with Crippen molar-refractivity contribution in [3.8, 4) is 0 Å². The Morgan fingerprint density at radius 1 is 1.50 bits per heavy atom. The summed E-state index contributed by atoms with van der Waals surface area (Å²) in [6, 6.07) is 4.72. The van der Waals surface area contributed by atoms with Crippen LogP contribution in [0.15, 0.2) is 30.6 Å². The van der Waals surface area contributed by atoms with Gasteiger partial charge < -0.3 is 10.1 Å². The van der Waals surface area contributed by atoms with Crippen LogP contribution in [-0.2, 0) is 11.3 Å². The molecule has 20 heavy (non-hydrogen) atoms. The van der Waals surface area contributed by atoms with E-state index in [4.69, 9.17) is 4.74 Å². The molecule has 7 heteroatoms. The van der Waals surface area contributed by atoms with Gasteiger partial charge >= 0.3 is 0 Å². The lowest BCUT2D eigenvalue weighted by atomic mass is 10.2. The summed E-state index contributed by atoms with van der Waals surface area (Å²) in [7, 11) is 1.63. The molecular weight excluding hydrogens is 260 g/mol. The molecule has 2 rings (SSSR count). The molecule has 2 aromatic rings. The second-order valence-corrected chi connectivity index (χ2v) is 4.37. The molecule has 0 bridgehead atoms. The van der Waals surface area contributed by atoms with Crippen LogP contribution in [0.3, 0.4) is 0 Å². The number of non-ortho nitro benzene ring substituents is 1. The zero-order valence-corrected chi connectivity index (χ0v) is 11.4. The van der Waals surface area contributed by atoms with Gasteiger partial charge in [0.05, 0.1) is 30.0 Å². The topological polar surface area (TPSA) is 82.2 Å². The largest absolute Gasteiger partial charge is 0.383 e. The summed E-state index contributed by atoms with van der Waals surface area (Å²) < 4.78 is 6.73. The van der Waals surface area contributed by atoms with Crippen LogP contribution in [0, 0.1) is 17.0 Å². The lowest BCUT2D eigenvalue weighted by Crippen LogP contribution is -2.03. The standard InChI is InChI=1S/C13H16N4O3/c1-10-3-4-12(17(18)19)7-13(10)15-11-8-14-16(9-11)5-6-20-2/h3-4,7-9,15H,5-6H2,1-2H3. The van der Waals surface area contributed by atoms with Crippen molar-refractivity contribution >= 4 is 17.1 Å². The minimum absolute atomic E-state index is 0.0601. The fraction of sp³-hybridized carbons (Fsp3) is 0.308. The van der Waals surface area contributed by atoms with Gasteiger partial charge in [-0.1, -0.05) is 6.07 Å². The Balaban J connectivity index is 2.14. The van der Waals surface area contributed by atoms with E-state index in [9.17, 15) is 10.1 Å². The zero-order chi connectivity index (χ0) is 14.5. The van der Waals surface area contributed by atoms with E-state index in [-0.39, 0.29) is 5.69 Å². The number of nitrogens with one attached hydrogen (secondary N) is 1. The Bertz CT molecular complexity index is 609. The van der Waals surface area contributed by atoms with Gasteiger partial charge in [-0.25, -0.2) is 0 Å². The van der Waals surface area contributed by atoms with Crippen LogP contribution < -0.4 is 5.32 Å². The van der Waals surface area contributed by atoms with Gasteiger partial charge in [0.25, 0.3) is 5.69 Å². The molecule has 1 aromatic heterocycles. The lowest BCUT2D eigenvalue weighted by Gasteiger charge is -2.07. The predicted molar refractivity (Wildman–Crippen MR) is 75.2 cm³/mol. The van der Waals surface area contributed by atoms with Crippen LogP contribution in [0.1, 0.15) is 5.56 Å². The van der Waals surface area contributed by atoms with E-state index in [2.05, 4.69) is 10.4 Å². The molecule has 0 aliphatic carbocycles. The third-order valence-corrected chi connectivity index (χ3v) is 2.87. The van der Waals surface area contributed by atoms with Gasteiger partial charge in [0.2, 0.25) is 0 Å². The minimum Gasteiger partial charge on any atom is -0.383 e. The normalized spacial score (nSPS) is 10.5. The number of anilines is 2. The van der Waals surface area contributed by atoms with Crippen LogP contribution in [0.4, 0.5) is 17.1 Å². The number of nitrogens with zero attached hydrogens (tertiary/aromatic N) is 3. The molecule has 1 N–H and O–H groups in total. The fourth-order valence-corrected chi connectivity index (χ4v) is 1.75. The van der Waals surface area contributed by atoms with Gasteiger partial charge in [0.1, 0.15) is 0 Å². The Morgan fingerprint density at radius 3 is 3.00 bits per heavy atom. The second-order valence-electron chi connectivity index (χ2n) is 4.37. The smallest absolute Gasteiger partial charge is 0.271 e. The number of ether oxygens (including phenoxy) is 1. The number of rotatable bonds is 6. The van der Waals surface area contributed by atoms with E-state index in [0.717, 1.165) is 11.3 Å². The Kier molecular flexibility index (Phi) is 4.31. The van der Waals surface area contributed by atoms with Crippen LogP contribution >= 0.6 is 0 Å². The molecule has 0 aliphatic heterocycles. The molecule has 106 valence electrons. The van der Waals surface area contributed by atoms with Gasteiger partial charge in [0.15, 0.2) is 0 Å². The highest BCUT2D eigenvalue weighted by atomic mass is 16.6. The molecule has 0 unspecified atom stereocenters. The molecule has 0 saturated carbocycles. The van der Waals surface area contributed by atoms with E-state index >= 15 is 0 Å². The maximum absolute atomic E-state index is 10.8. The molecule has 0 fully saturated rings. The van der Waals surface area contributed by atoms with Crippen molar-refractivity contribution in [1.82, 2.24) is 9.78 Å². The average molecular weight is 276 g/mol. The van der Waals surface area contributed by atoms with Crippen molar-refractivity contribution in [2.24, 2.45) is 0 Å². The first-order chi connectivity index (χ1) is 9.60. The minimum atomic E-state index is -0.410. The number of methoxy groups -OCH3 is 1. The molecule has 1 aromatic carbocycles. The quantitative estimate of drug-likeness (QED) is 0.647. The highest BCUT2D eigenvalue weighted by Crippen LogP contribution is 2.25.